The Morgan fingerprint density at radius 1 is 1.03 bits per heavy atom. The van der Waals surface area contributed by atoms with Crippen LogP contribution in [-0.4, -0.2) is 73.5 Å². The molecule has 3 amide bonds. The molecule has 0 bridgehead atoms. The summed E-state index contributed by atoms with van der Waals surface area (Å²) in [6.45, 7) is 3.52. The van der Waals surface area contributed by atoms with E-state index in [9.17, 15) is 29.1 Å². The molecule has 0 fully saturated rings. The number of carboxylic acids is 2. The fourth-order valence-corrected chi connectivity index (χ4v) is 2.72. The van der Waals surface area contributed by atoms with Gasteiger partial charge >= 0.3 is 11.9 Å². The predicted octanol–water partition coefficient (Wildman–Crippen LogP) is -0.856. The van der Waals surface area contributed by atoms with Crippen molar-refractivity contribution in [1.29, 1.82) is 0 Å². The second-order valence-electron chi connectivity index (χ2n) is 7.97. The molecule has 2 atom stereocenters. The number of carbonyl (C=O) groups is 5. The number of carbonyl (C=O) groups excluding carboxylic acids is 3. The SMILES string of the molecule is C[C@H](NC(=O)c1cn(C(C)(C)C(=O)O)nn1)C(=O)N[C@@H](Cc1ccccc1)C(=O)NCC(=O)O. The third-order valence-corrected chi connectivity index (χ3v) is 4.89. The minimum atomic E-state index is -1.44. The summed E-state index contributed by atoms with van der Waals surface area (Å²) in [6.07, 6.45) is 1.24. The first kappa shape index (κ1) is 26.0. The Morgan fingerprint density at radius 2 is 1.68 bits per heavy atom. The Bertz CT molecular complexity index is 1070. The summed E-state index contributed by atoms with van der Waals surface area (Å²) < 4.78 is 1.01. The minimum Gasteiger partial charge on any atom is -0.480 e. The molecule has 2 rings (SSSR count). The van der Waals surface area contributed by atoms with E-state index in [1.165, 1.54) is 20.8 Å². The third kappa shape index (κ3) is 6.85. The number of rotatable bonds is 11. The van der Waals surface area contributed by atoms with E-state index < -0.39 is 53.8 Å². The number of amides is 3. The minimum absolute atomic E-state index is 0.0945. The lowest BCUT2D eigenvalue weighted by molar-refractivity contribution is -0.146. The Balaban J connectivity index is 2.07. The van der Waals surface area contributed by atoms with E-state index in [1.54, 1.807) is 30.3 Å². The molecule has 0 aliphatic rings. The normalized spacial score (nSPS) is 12.8. The standard InChI is InChI=1S/C21H26N6O7/c1-12(23-19(32)15-11-27(26-25-15)21(2,3)20(33)34)17(30)24-14(18(31)22-10-16(28)29)9-13-7-5-4-6-8-13/h4-8,11-12,14H,9-10H2,1-3H3,(H,22,31)(H,23,32)(H,24,30)(H,28,29)(H,33,34)/t12-,14-/m0/s1. The van der Waals surface area contributed by atoms with Crippen LogP contribution in [0.2, 0.25) is 0 Å². The van der Waals surface area contributed by atoms with Crippen LogP contribution in [0.1, 0.15) is 36.8 Å². The summed E-state index contributed by atoms with van der Waals surface area (Å²) in [5.41, 5.74) is -0.913. The van der Waals surface area contributed by atoms with E-state index in [-0.39, 0.29) is 12.1 Å². The molecular formula is C21H26N6O7. The van der Waals surface area contributed by atoms with E-state index in [0.29, 0.717) is 0 Å². The maximum absolute atomic E-state index is 12.7. The van der Waals surface area contributed by atoms with Crippen molar-refractivity contribution in [3.8, 4) is 0 Å². The van der Waals surface area contributed by atoms with Crippen LogP contribution >= 0.6 is 0 Å². The molecule has 1 heterocycles. The first-order chi connectivity index (χ1) is 15.9. The summed E-state index contributed by atoms with van der Waals surface area (Å²) in [7, 11) is 0. The molecule has 1 aromatic carbocycles. The topological polar surface area (TPSA) is 193 Å². The lowest BCUT2D eigenvalue weighted by Gasteiger charge is -2.21. The smallest absolute Gasteiger partial charge is 0.331 e. The zero-order valence-electron chi connectivity index (χ0n) is 18.8. The van der Waals surface area contributed by atoms with Crippen LogP contribution in [-0.2, 0) is 31.1 Å². The summed E-state index contributed by atoms with van der Waals surface area (Å²) in [6, 6.07) is 6.60. The number of hydrogen-bond acceptors (Lipinski definition) is 7. The van der Waals surface area contributed by atoms with E-state index in [2.05, 4.69) is 26.3 Å². The molecule has 0 aliphatic carbocycles. The fraction of sp³-hybridized carbons (Fsp3) is 0.381. The summed E-state index contributed by atoms with van der Waals surface area (Å²) in [5.74, 6) is -4.58. The fourth-order valence-electron chi connectivity index (χ4n) is 2.72. The van der Waals surface area contributed by atoms with E-state index in [4.69, 9.17) is 5.11 Å². The van der Waals surface area contributed by atoms with Gasteiger partial charge in [-0.05, 0) is 26.3 Å². The molecular weight excluding hydrogens is 448 g/mol. The Kier molecular flexibility index (Phi) is 8.42. The number of aromatic nitrogens is 3. The number of hydrogen-bond donors (Lipinski definition) is 5. The average molecular weight is 474 g/mol. The first-order valence-corrected chi connectivity index (χ1v) is 10.2. The van der Waals surface area contributed by atoms with Gasteiger partial charge in [0.15, 0.2) is 11.2 Å². The Morgan fingerprint density at radius 3 is 2.26 bits per heavy atom. The number of benzene rings is 1. The van der Waals surface area contributed by atoms with Crippen LogP contribution in [0, 0.1) is 0 Å². The Hall–Kier alpha value is -4.29. The quantitative estimate of drug-likeness (QED) is 0.276. The van der Waals surface area contributed by atoms with Crippen LogP contribution in [0.4, 0.5) is 0 Å². The van der Waals surface area contributed by atoms with Gasteiger partial charge in [-0.15, -0.1) is 5.10 Å². The molecule has 0 radical (unpaired) electrons. The van der Waals surface area contributed by atoms with Gasteiger partial charge in [-0.3, -0.25) is 19.2 Å². The highest BCUT2D eigenvalue weighted by atomic mass is 16.4. The molecule has 0 spiro atoms. The van der Waals surface area contributed by atoms with Gasteiger partial charge < -0.3 is 26.2 Å². The van der Waals surface area contributed by atoms with Crippen LogP contribution in [0.3, 0.4) is 0 Å². The second kappa shape index (κ2) is 11.0. The van der Waals surface area contributed by atoms with Crippen molar-refractivity contribution in [2.75, 3.05) is 6.54 Å². The molecule has 13 heteroatoms. The molecule has 0 saturated heterocycles. The Labute approximate surface area is 194 Å². The van der Waals surface area contributed by atoms with E-state index in [0.717, 1.165) is 16.4 Å². The molecule has 0 aliphatic heterocycles. The zero-order chi connectivity index (χ0) is 25.5. The van der Waals surface area contributed by atoms with Crippen molar-refractivity contribution in [3.05, 3.63) is 47.8 Å². The van der Waals surface area contributed by atoms with Crippen molar-refractivity contribution in [1.82, 2.24) is 30.9 Å². The largest absolute Gasteiger partial charge is 0.480 e. The van der Waals surface area contributed by atoms with Crippen LogP contribution < -0.4 is 16.0 Å². The predicted molar refractivity (Wildman–Crippen MR) is 117 cm³/mol. The summed E-state index contributed by atoms with van der Waals surface area (Å²) in [4.78, 5) is 59.7. The molecule has 5 N–H and O–H groups in total. The average Bonchev–Trinajstić information content (AvgIpc) is 3.28. The maximum atomic E-state index is 12.7. The van der Waals surface area contributed by atoms with Gasteiger partial charge in [0.05, 0.1) is 6.20 Å². The molecule has 0 saturated carbocycles. The van der Waals surface area contributed by atoms with Crippen molar-refractivity contribution < 1.29 is 34.2 Å². The molecule has 0 unspecified atom stereocenters. The molecule has 182 valence electrons. The molecule has 13 nitrogen and oxygen atoms in total. The number of carboxylic acid groups (broad SMARTS) is 2. The monoisotopic (exact) mass is 474 g/mol. The van der Waals surface area contributed by atoms with Gasteiger partial charge in [-0.2, -0.15) is 0 Å². The van der Waals surface area contributed by atoms with Gasteiger partial charge in [0.25, 0.3) is 5.91 Å². The molecule has 2 aromatic rings. The second-order valence-corrected chi connectivity index (χ2v) is 7.97. The highest BCUT2D eigenvalue weighted by molar-refractivity contribution is 5.97. The van der Waals surface area contributed by atoms with Gasteiger partial charge in [0.1, 0.15) is 18.6 Å². The zero-order valence-corrected chi connectivity index (χ0v) is 18.8. The lowest BCUT2D eigenvalue weighted by Crippen LogP contribution is -2.54. The van der Waals surface area contributed by atoms with Crippen molar-refractivity contribution in [3.63, 3.8) is 0 Å². The summed E-state index contributed by atoms with van der Waals surface area (Å²) in [5, 5.41) is 32.5. The van der Waals surface area contributed by atoms with Gasteiger partial charge in [0.2, 0.25) is 11.8 Å². The van der Waals surface area contributed by atoms with Crippen molar-refractivity contribution >= 4 is 29.7 Å². The van der Waals surface area contributed by atoms with Gasteiger partial charge in [0, 0.05) is 6.42 Å². The highest BCUT2D eigenvalue weighted by Crippen LogP contribution is 2.14. The summed E-state index contributed by atoms with van der Waals surface area (Å²) >= 11 is 0. The number of aliphatic carboxylic acids is 2. The van der Waals surface area contributed by atoms with E-state index >= 15 is 0 Å². The number of nitrogens with one attached hydrogen (secondary N) is 3. The van der Waals surface area contributed by atoms with Crippen molar-refractivity contribution in [2.24, 2.45) is 0 Å². The van der Waals surface area contributed by atoms with Gasteiger partial charge in [-0.1, -0.05) is 35.5 Å². The van der Waals surface area contributed by atoms with Gasteiger partial charge in [-0.25, -0.2) is 9.48 Å². The lowest BCUT2D eigenvalue weighted by atomic mass is 10.0. The highest BCUT2D eigenvalue weighted by Gasteiger charge is 2.32. The molecule has 34 heavy (non-hydrogen) atoms. The molecule has 1 aromatic heterocycles. The van der Waals surface area contributed by atoms with Crippen LogP contribution in [0.5, 0.6) is 0 Å². The third-order valence-electron chi connectivity index (χ3n) is 4.89. The van der Waals surface area contributed by atoms with E-state index in [1.807, 2.05) is 0 Å². The van der Waals surface area contributed by atoms with Crippen LogP contribution in [0.15, 0.2) is 36.5 Å². The van der Waals surface area contributed by atoms with Crippen molar-refractivity contribution in [2.45, 2.75) is 44.8 Å². The first-order valence-electron chi connectivity index (χ1n) is 10.2. The van der Waals surface area contributed by atoms with Crippen LogP contribution in [0.25, 0.3) is 0 Å². The number of nitrogens with zero attached hydrogens (tertiary/aromatic N) is 3. The maximum Gasteiger partial charge on any atom is 0.331 e.